The molecule has 2 amide bonds. The van der Waals surface area contributed by atoms with Crippen molar-refractivity contribution in [3.8, 4) is 0 Å². The Labute approximate surface area is 205 Å². The maximum Gasteiger partial charge on any atom is 0.229 e. The molecule has 9 heteroatoms. The van der Waals surface area contributed by atoms with E-state index in [2.05, 4.69) is 48.5 Å². The molecule has 1 aliphatic heterocycles. The van der Waals surface area contributed by atoms with Crippen molar-refractivity contribution in [2.45, 2.75) is 25.7 Å². The molecule has 1 aliphatic carbocycles. The zero-order valence-corrected chi connectivity index (χ0v) is 20.0. The van der Waals surface area contributed by atoms with Crippen molar-refractivity contribution >= 4 is 68.9 Å². The number of amides is 2. The second kappa shape index (κ2) is 9.34. The minimum atomic E-state index is 0.0584. The van der Waals surface area contributed by atoms with E-state index in [1.54, 1.807) is 6.20 Å². The number of carbonyl (C=O) groups excluding carboxylic acids is 2. The molecule has 1 saturated heterocycles. The zero-order valence-electron chi connectivity index (χ0n) is 17.8. The minimum absolute atomic E-state index is 0.0584. The number of nitrogens with zero attached hydrogens (tertiary/aromatic N) is 3. The van der Waals surface area contributed by atoms with Gasteiger partial charge in [0.05, 0.1) is 14.9 Å². The fourth-order valence-electron chi connectivity index (χ4n) is 3.70. The molecule has 5 rings (SSSR count). The van der Waals surface area contributed by atoms with Crippen LogP contribution >= 0.6 is 22.6 Å². The predicted molar refractivity (Wildman–Crippen MR) is 137 cm³/mol. The quantitative estimate of drug-likeness (QED) is 0.354. The van der Waals surface area contributed by atoms with Crippen LogP contribution in [-0.4, -0.2) is 28.3 Å². The van der Waals surface area contributed by atoms with E-state index in [1.165, 1.54) is 0 Å². The lowest BCUT2D eigenvalue weighted by atomic mass is 10.2. The Kier molecular flexibility index (Phi) is 6.12. The molecule has 8 nitrogen and oxygen atoms in total. The third-order valence-corrected chi connectivity index (χ3v) is 6.43. The molecule has 33 heavy (non-hydrogen) atoms. The Bertz CT molecular complexity index is 1200. The smallest absolute Gasteiger partial charge is 0.229 e. The zero-order chi connectivity index (χ0) is 22.8. The van der Waals surface area contributed by atoms with Crippen molar-refractivity contribution in [3.63, 3.8) is 0 Å². The number of rotatable bonds is 7. The highest BCUT2D eigenvalue weighted by Crippen LogP contribution is 2.33. The van der Waals surface area contributed by atoms with E-state index in [1.807, 2.05) is 53.4 Å². The summed E-state index contributed by atoms with van der Waals surface area (Å²) in [6, 6.07) is 15.3. The van der Waals surface area contributed by atoms with Crippen molar-refractivity contribution in [2.75, 3.05) is 27.4 Å². The number of halogens is 1. The summed E-state index contributed by atoms with van der Waals surface area (Å²) in [6.07, 6.45) is 5.16. The van der Waals surface area contributed by atoms with Crippen LogP contribution in [0.3, 0.4) is 0 Å². The van der Waals surface area contributed by atoms with Gasteiger partial charge in [0.25, 0.3) is 0 Å². The van der Waals surface area contributed by atoms with E-state index in [4.69, 9.17) is 0 Å². The van der Waals surface area contributed by atoms with Gasteiger partial charge in [-0.1, -0.05) is 12.1 Å². The number of hydrogen-bond acceptors (Lipinski definition) is 6. The highest BCUT2D eigenvalue weighted by Gasteiger charge is 2.30. The SMILES string of the molecule is O=C(Nc1ccccc1Nc1nc(Nc2ccc(N3CCCC3=O)cc2)ncc1I)C1CC1. The summed E-state index contributed by atoms with van der Waals surface area (Å²) in [5.74, 6) is 1.44. The first kappa shape index (κ1) is 21.6. The molecular formula is C24H23IN6O2. The number of benzene rings is 2. The number of nitrogens with one attached hydrogen (secondary N) is 3. The molecular weight excluding hydrogens is 531 g/mol. The molecule has 2 heterocycles. The van der Waals surface area contributed by atoms with Crippen LogP contribution in [0.4, 0.5) is 34.5 Å². The number of aromatic nitrogens is 2. The van der Waals surface area contributed by atoms with E-state index < -0.39 is 0 Å². The predicted octanol–water partition coefficient (Wildman–Crippen LogP) is 5.04. The van der Waals surface area contributed by atoms with Gasteiger partial charge < -0.3 is 20.9 Å². The van der Waals surface area contributed by atoms with Crippen LogP contribution in [0.15, 0.2) is 54.7 Å². The Morgan fingerprint density at radius 3 is 2.48 bits per heavy atom. The fourth-order valence-corrected chi connectivity index (χ4v) is 4.09. The van der Waals surface area contributed by atoms with Gasteiger partial charge in [-0.3, -0.25) is 9.59 Å². The molecule has 2 fully saturated rings. The van der Waals surface area contributed by atoms with Gasteiger partial charge in [0, 0.05) is 36.5 Å². The lowest BCUT2D eigenvalue weighted by Gasteiger charge is -2.16. The van der Waals surface area contributed by atoms with E-state index in [-0.39, 0.29) is 17.7 Å². The van der Waals surface area contributed by atoms with Crippen LogP contribution < -0.4 is 20.9 Å². The Balaban J connectivity index is 1.31. The Morgan fingerprint density at radius 2 is 1.79 bits per heavy atom. The fraction of sp³-hybridized carbons (Fsp3) is 0.250. The largest absolute Gasteiger partial charge is 0.337 e. The molecule has 2 aromatic carbocycles. The van der Waals surface area contributed by atoms with Crippen molar-refractivity contribution in [2.24, 2.45) is 5.92 Å². The number of anilines is 6. The standard InChI is InChI=1S/C24H23IN6O2/c25-18-14-26-24(27-16-9-11-17(12-10-16)31-13-3-6-21(31)32)30-22(18)28-19-4-1-2-5-20(19)29-23(33)15-7-8-15/h1-2,4-5,9-12,14-15H,3,6-8,13H2,(H,29,33)(H2,26,27,28,30). The van der Waals surface area contributed by atoms with Gasteiger partial charge in [0.1, 0.15) is 5.82 Å². The summed E-state index contributed by atoms with van der Waals surface area (Å²) >= 11 is 2.18. The maximum absolute atomic E-state index is 12.2. The van der Waals surface area contributed by atoms with Gasteiger partial charge in [-0.25, -0.2) is 4.98 Å². The summed E-state index contributed by atoms with van der Waals surface area (Å²) in [4.78, 5) is 35.0. The summed E-state index contributed by atoms with van der Waals surface area (Å²) in [5.41, 5.74) is 3.23. The first-order valence-corrected chi connectivity index (χ1v) is 12.0. The molecule has 3 N–H and O–H groups in total. The molecule has 0 radical (unpaired) electrons. The number of para-hydroxylation sites is 2. The van der Waals surface area contributed by atoms with Gasteiger partial charge in [0.2, 0.25) is 17.8 Å². The van der Waals surface area contributed by atoms with Crippen LogP contribution in [0.2, 0.25) is 0 Å². The molecule has 0 spiro atoms. The van der Waals surface area contributed by atoms with Gasteiger partial charge in [-0.2, -0.15) is 4.98 Å². The minimum Gasteiger partial charge on any atom is -0.337 e. The van der Waals surface area contributed by atoms with Crippen LogP contribution in [0.5, 0.6) is 0 Å². The topological polar surface area (TPSA) is 99.2 Å². The van der Waals surface area contributed by atoms with Gasteiger partial charge >= 0.3 is 0 Å². The van der Waals surface area contributed by atoms with Crippen molar-refractivity contribution < 1.29 is 9.59 Å². The molecule has 3 aromatic rings. The van der Waals surface area contributed by atoms with Crippen LogP contribution in [0, 0.1) is 9.49 Å². The van der Waals surface area contributed by atoms with E-state index in [0.717, 1.165) is 52.1 Å². The second-order valence-corrected chi connectivity index (χ2v) is 9.31. The highest BCUT2D eigenvalue weighted by atomic mass is 127. The van der Waals surface area contributed by atoms with E-state index in [9.17, 15) is 9.59 Å². The molecule has 0 bridgehead atoms. The van der Waals surface area contributed by atoms with Gasteiger partial charge in [-0.15, -0.1) is 0 Å². The average molecular weight is 554 g/mol. The molecule has 0 atom stereocenters. The van der Waals surface area contributed by atoms with Crippen LogP contribution in [0.25, 0.3) is 0 Å². The Morgan fingerprint density at radius 1 is 1.03 bits per heavy atom. The maximum atomic E-state index is 12.2. The Hall–Kier alpha value is -3.21. The summed E-state index contributed by atoms with van der Waals surface area (Å²) in [7, 11) is 0. The van der Waals surface area contributed by atoms with Crippen LogP contribution in [0.1, 0.15) is 25.7 Å². The molecule has 1 aromatic heterocycles. The third-order valence-electron chi connectivity index (χ3n) is 5.64. The van der Waals surface area contributed by atoms with Crippen molar-refractivity contribution in [1.82, 2.24) is 9.97 Å². The number of hydrogen-bond donors (Lipinski definition) is 3. The average Bonchev–Trinajstić information content (AvgIpc) is 3.59. The first-order valence-electron chi connectivity index (χ1n) is 10.9. The van der Waals surface area contributed by atoms with Crippen LogP contribution in [-0.2, 0) is 9.59 Å². The summed E-state index contributed by atoms with van der Waals surface area (Å²) < 4.78 is 0.851. The summed E-state index contributed by atoms with van der Waals surface area (Å²) in [5, 5.41) is 9.55. The summed E-state index contributed by atoms with van der Waals surface area (Å²) in [6.45, 7) is 0.767. The van der Waals surface area contributed by atoms with Crippen molar-refractivity contribution in [1.29, 1.82) is 0 Å². The molecule has 0 unspecified atom stereocenters. The van der Waals surface area contributed by atoms with Crippen molar-refractivity contribution in [3.05, 3.63) is 58.3 Å². The molecule has 168 valence electrons. The number of carbonyl (C=O) groups is 2. The van der Waals surface area contributed by atoms with E-state index in [0.29, 0.717) is 18.2 Å². The van der Waals surface area contributed by atoms with E-state index >= 15 is 0 Å². The molecule has 2 aliphatic rings. The normalized spacial score (nSPS) is 15.4. The third kappa shape index (κ3) is 5.08. The second-order valence-electron chi connectivity index (χ2n) is 8.15. The highest BCUT2D eigenvalue weighted by molar-refractivity contribution is 14.1. The monoisotopic (exact) mass is 554 g/mol. The van der Waals surface area contributed by atoms with Gasteiger partial charge in [0.15, 0.2) is 0 Å². The molecule has 1 saturated carbocycles. The lowest BCUT2D eigenvalue weighted by Crippen LogP contribution is -2.23. The first-order chi connectivity index (χ1) is 16.1. The van der Waals surface area contributed by atoms with Gasteiger partial charge in [-0.05, 0) is 78.3 Å². The lowest BCUT2D eigenvalue weighted by molar-refractivity contribution is -0.118.